The molecule has 0 aromatic carbocycles. The van der Waals surface area contributed by atoms with Gasteiger partial charge in [-0.05, 0) is 14.0 Å². The van der Waals surface area contributed by atoms with E-state index in [1.54, 1.807) is 20.9 Å². The predicted molar refractivity (Wildman–Crippen MR) is 91.6 cm³/mol. The fraction of sp³-hybridized carbons (Fsp3) is 0.625. The summed E-state index contributed by atoms with van der Waals surface area (Å²) in [5.41, 5.74) is 1.10. The second kappa shape index (κ2) is 9.90. The summed E-state index contributed by atoms with van der Waals surface area (Å²) in [5, 5.41) is 5.45. The first-order valence-corrected chi connectivity index (χ1v) is 8.58. The summed E-state index contributed by atoms with van der Waals surface area (Å²) < 4.78 is 9.67. The summed E-state index contributed by atoms with van der Waals surface area (Å²) in [6, 6.07) is 0. The molecule has 2 aliphatic rings. The smallest absolute Gasteiger partial charge is 0.319 e. The molecule has 0 radical (unpaired) electrons. The number of ether oxygens (including phenoxy) is 2. The molecule has 2 atom stereocenters. The van der Waals surface area contributed by atoms with Crippen molar-refractivity contribution < 1.29 is 38.2 Å². The third kappa shape index (κ3) is 5.33. The maximum absolute atomic E-state index is 11.7. The molecule has 2 rings (SSSR count). The van der Waals surface area contributed by atoms with Gasteiger partial charge in [0.15, 0.2) is 0 Å². The van der Waals surface area contributed by atoms with Gasteiger partial charge < -0.3 is 9.47 Å². The van der Waals surface area contributed by atoms with Crippen molar-refractivity contribution in [2.75, 3.05) is 20.7 Å². The minimum Gasteiger partial charge on any atom is -0.465 e. The van der Waals surface area contributed by atoms with Crippen LogP contribution in [0, 0.1) is 5.92 Å². The highest BCUT2D eigenvalue weighted by atomic mass is 16.6. The van der Waals surface area contributed by atoms with E-state index < -0.39 is 47.2 Å². The minimum absolute atomic E-state index is 0.0856. The van der Waals surface area contributed by atoms with Crippen molar-refractivity contribution in [2.45, 2.75) is 38.8 Å². The average Bonchev–Trinajstić information content (AvgIpc) is 3.13. The largest absolute Gasteiger partial charge is 0.465 e. The molecule has 12 heteroatoms. The Morgan fingerprint density at radius 2 is 1.82 bits per heavy atom. The van der Waals surface area contributed by atoms with E-state index in [0.29, 0.717) is 0 Å². The van der Waals surface area contributed by atoms with E-state index in [0.717, 1.165) is 0 Å². The highest BCUT2D eigenvalue weighted by Crippen LogP contribution is 2.24. The lowest BCUT2D eigenvalue weighted by Gasteiger charge is -2.33. The number of carbonyl (C=O) groups excluding carboxylic acids is 6. The summed E-state index contributed by atoms with van der Waals surface area (Å²) >= 11 is 0. The molecule has 2 unspecified atom stereocenters. The number of hydrogen-bond donors (Lipinski definition) is 3. The second-order valence-corrected chi connectivity index (χ2v) is 5.87. The predicted octanol–water partition coefficient (Wildman–Crippen LogP) is -2.04. The number of hydrogen-bond acceptors (Lipinski definition) is 10. The number of imide groups is 2. The summed E-state index contributed by atoms with van der Waals surface area (Å²) in [6.45, 7) is 3.48. The zero-order chi connectivity index (χ0) is 21.5. The molecule has 28 heavy (non-hydrogen) atoms. The van der Waals surface area contributed by atoms with Crippen molar-refractivity contribution in [3.05, 3.63) is 0 Å². The van der Waals surface area contributed by atoms with Gasteiger partial charge in [-0.15, -0.1) is 0 Å². The van der Waals surface area contributed by atoms with Crippen LogP contribution in [-0.4, -0.2) is 67.0 Å². The van der Waals surface area contributed by atoms with Crippen LogP contribution in [0.4, 0.5) is 0 Å². The molecule has 12 nitrogen and oxygen atoms in total. The van der Waals surface area contributed by atoms with Gasteiger partial charge in [0, 0.05) is 19.9 Å². The van der Waals surface area contributed by atoms with Crippen molar-refractivity contribution >= 4 is 35.6 Å². The fourth-order valence-corrected chi connectivity index (χ4v) is 2.42. The van der Waals surface area contributed by atoms with Gasteiger partial charge >= 0.3 is 11.9 Å². The van der Waals surface area contributed by atoms with Crippen molar-refractivity contribution in [3.8, 4) is 0 Å². The molecule has 2 fully saturated rings. The third-order valence-electron chi connectivity index (χ3n) is 4.00. The number of amides is 4. The summed E-state index contributed by atoms with van der Waals surface area (Å²) in [6.07, 6.45) is -0.145. The van der Waals surface area contributed by atoms with Crippen molar-refractivity contribution in [3.63, 3.8) is 0 Å². The van der Waals surface area contributed by atoms with Crippen molar-refractivity contribution in [2.24, 2.45) is 5.92 Å². The lowest BCUT2D eigenvalue weighted by Crippen LogP contribution is -2.59. The molecule has 2 aliphatic heterocycles. The normalized spacial score (nSPS) is 23.7. The van der Waals surface area contributed by atoms with Gasteiger partial charge in [-0.25, -0.2) is 0 Å². The van der Waals surface area contributed by atoms with E-state index in [9.17, 15) is 28.8 Å². The molecular formula is C16H24N4O8. The molecule has 2 saturated heterocycles. The van der Waals surface area contributed by atoms with E-state index in [-0.39, 0.29) is 25.9 Å². The molecule has 2 heterocycles. The molecule has 156 valence electrons. The van der Waals surface area contributed by atoms with E-state index in [2.05, 4.69) is 15.5 Å². The minimum atomic E-state index is -1.57. The molecule has 4 amide bonds. The first-order valence-electron chi connectivity index (χ1n) is 8.58. The average molecular weight is 400 g/mol. The fourth-order valence-electron chi connectivity index (χ4n) is 2.42. The molecule has 0 aliphatic carbocycles. The molecule has 0 aromatic rings. The van der Waals surface area contributed by atoms with Gasteiger partial charge in [0.25, 0.3) is 11.6 Å². The van der Waals surface area contributed by atoms with Crippen LogP contribution < -0.4 is 16.1 Å². The highest BCUT2D eigenvalue weighted by molar-refractivity contribution is 6.12. The Bertz CT molecular complexity index is 680. The Morgan fingerprint density at radius 3 is 2.21 bits per heavy atom. The van der Waals surface area contributed by atoms with Crippen LogP contribution in [0.25, 0.3) is 0 Å². The van der Waals surface area contributed by atoms with E-state index in [4.69, 9.17) is 4.74 Å². The number of likely N-dealkylation sites (N-methyl/N-ethyl adjacent to an activating group) is 1. The number of nitrogens with zero attached hydrogens (tertiary/aromatic N) is 1. The number of nitrogens with one attached hydrogen (secondary N) is 3. The Hall–Kier alpha value is -2.86. The van der Waals surface area contributed by atoms with Crippen molar-refractivity contribution in [1.29, 1.82) is 0 Å². The van der Waals surface area contributed by atoms with E-state index >= 15 is 0 Å². The first-order chi connectivity index (χ1) is 13.1. The number of hydrazine groups is 1. The standard InChI is InChI=1S/C9H15N3O4.C7H9NO4/c1-4-7(14)16-9(12(3)10-2)5-6(13)11-8(9)15;1-2-12-7(11)4-3-5(9)8-6(4)10/h10H,4-5H2,1-3H3,(H,11,13,15);4H,2-3H2,1H3,(H,8,9,10). The van der Waals surface area contributed by atoms with Crippen molar-refractivity contribution in [1.82, 2.24) is 21.1 Å². The van der Waals surface area contributed by atoms with Crippen LogP contribution in [0.5, 0.6) is 0 Å². The number of carbonyl (C=O) groups is 6. The van der Waals surface area contributed by atoms with Gasteiger partial charge in [-0.2, -0.15) is 5.01 Å². The van der Waals surface area contributed by atoms with Crippen LogP contribution in [-0.2, 0) is 38.2 Å². The Labute approximate surface area is 161 Å². The summed E-state index contributed by atoms with van der Waals surface area (Å²) in [7, 11) is 3.10. The van der Waals surface area contributed by atoms with E-state index in [1.807, 2.05) is 5.32 Å². The number of esters is 2. The lowest BCUT2D eigenvalue weighted by atomic mass is 10.1. The molecule has 0 saturated carbocycles. The maximum Gasteiger partial charge on any atom is 0.319 e. The molecule has 3 N–H and O–H groups in total. The first kappa shape index (κ1) is 23.2. The topological polar surface area (TPSA) is 160 Å². The Morgan fingerprint density at radius 1 is 1.18 bits per heavy atom. The van der Waals surface area contributed by atoms with Gasteiger partial charge in [0.05, 0.1) is 13.0 Å². The SMILES string of the molecule is CCC(=O)OC1(N(C)NC)CC(=O)NC1=O.CCOC(=O)C1CC(=O)NC1=O. The molecule has 0 bridgehead atoms. The zero-order valence-corrected chi connectivity index (χ0v) is 16.1. The maximum atomic E-state index is 11.7. The van der Waals surface area contributed by atoms with E-state index in [1.165, 1.54) is 12.1 Å². The van der Waals surface area contributed by atoms with Gasteiger partial charge in [0.1, 0.15) is 5.92 Å². The van der Waals surface area contributed by atoms with Crippen LogP contribution in [0.2, 0.25) is 0 Å². The molecule has 0 spiro atoms. The third-order valence-corrected chi connectivity index (χ3v) is 4.00. The van der Waals surface area contributed by atoms with Crippen LogP contribution in [0.3, 0.4) is 0 Å². The van der Waals surface area contributed by atoms with Gasteiger partial charge in [-0.3, -0.25) is 44.8 Å². The Balaban J connectivity index is 0.000000292. The molecular weight excluding hydrogens is 376 g/mol. The quantitative estimate of drug-likeness (QED) is 0.149. The van der Waals surface area contributed by atoms with Crippen LogP contribution in [0.15, 0.2) is 0 Å². The monoisotopic (exact) mass is 400 g/mol. The molecule has 0 aromatic heterocycles. The zero-order valence-electron chi connectivity index (χ0n) is 16.1. The second-order valence-electron chi connectivity index (χ2n) is 5.87. The van der Waals surface area contributed by atoms with Gasteiger partial charge in [-0.1, -0.05) is 6.92 Å². The summed E-state index contributed by atoms with van der Waals surface area (Å²) in [5.74, 6) is -4.16. The number of rotatable bonds is 6. The van der Waals surface area contributed by atoms with Gasteiger partial charge in [0.2, 0.25) is 17.7 Å². The Kier molecular flexibility index (Phi) is 8.19. The summed E-state index contributed by atoms with van der Waals surface area (Å²) in [4.78, 5) is 66.6. The lowest BCUT2D eigenvalue weighted by molar-refractivity contribution is -0.191. The van der Waals surface area contributed by atoms with Crippen LogP contribution in [0.1, 0.15) is 33.1 Å². The van der Waals surface area contributed by atoms with Crippen LogP contribution >= 0.6 is 0 Å². The highest BCUT2D eigenvalue weighted by Gasteiger charge is 2.53.